The summed E-state index contributed by atoms with van der Waals surface area (Å²) < 4.78 is 12.0. The summed E-state index contributed by atoms with van der Waals surface area (Å²) in [5.74, 6) is 7.82. The van der Waals surface area contributed by atoms with Crippen LogP contribution in [0.3, 0.4) is 0 Å². The predicted octanol–water partition coefficient (Wildman–Crippen LogP) is 15.1. The SMILES string of the molecule is CC(C)CCC[C@@H](C)[C@H]1CC[C@H]2[C@@H]3CC=C4C[C@@H](OC(=O)CNC(=O)c5ccc(C(=O)NCC(=O)O[C@H]6CC[C@@]7(C)C(=CC[C@H]8[C@@H]9CC[C@H]([C@H](C)CCCC(C)C)[C@@]9(C)CC[C@@H]87)C6)cc5)CC[C@]4(C)[C@H]3CC[C@]12C. The third kappa shape index (κ3) is 11.0. The van der Waals surface area contributed by atoms with E-state index in [0.717, 1.165) is 111 Å². The zero-order valence-electron chi connectivity index (χ0n) is 48.0. The number of ether oxygens (including phenoxy) is 2. The van der Waals surface area contributed by atoms with E-state index >= 15 is 0 Å². The molecule has 0 heterocycles. The summed E-state index contributed by atoms with van der Waals surface area (Å²) >= 11 is 0. The number of esters is 2. The van der Waals surface area contributed by atoms with Gasteiger partial charge in [0.05, 0.1) is 0 Å². The molecule has 16 atom stereocenters. The summed E-state index contributed by atoms with van der Waals surface area (Å²) in [6.07, 6.45) is 31.5. The van der Waals surface area contributed by atoms with Crippen LogP contribution in [0.4, 0.5) is 0 Å². The average molecular weight is 1020 g/mol. The van der Waals surface area contributed by atoms with E-state index in [1.807, 2.05) is 0 Å². The molecule has 8 aliphatic carbocycles. The second-order valence-electron chi connectivity index (χ2n) is 28.2. The highest BCUT2D eigenvalue weighted by Gasteiger charge is 2.61. The predicted molar refractivity (Wildman–Crippen MR) is 297 cm³/mol. The van der Waals surface area contributed by atoms with Crippen LogP contribution >= 0.6 is 0 Å². The van der Waals surface area contributed by atoms with Crippen LogP contribution in [0.2, 0.25) is 0 Å². The van der Waals surface area contributed by atoms with Gasteiger partial charge in [-0.05, 0) is 207 Å². The van der Waals surface area contributed by atoms with E-state index in [4.69, 9.17) is 9.47 Å². The molecule has 6 saturated carbocycles. The second-order valence-corrected chi connectivity index (χ2v) is 28.2. The highest BCUT2D eigenvalue weighted by Crippen LogP contribution is 2.69. The van der Waals surface area contributed by atoms with E-state index in [-0.39, 0.29) is 36.1 Å². The molecule has 0 aromatic heterocycles. The van der Waals surface area contributed by atoms with Crippen LogP contribution < -0.4 is 10.6 Å². The van der Waals surface area contributed by atoms with Gasteiger partial charge in [-0.3, -0.25) is 19.2 Å². The van der Waals surface area contributed by atoms with Gasteiger partial charge in [-0.2, -0.15) is 0 Å². The van der Waals surface area contributed by atoms with Gasteiger partial charge in [0.1, 0.15) is 25.3 Å². The molecule has 8 aliphatic rings. The Hall–Kier alpha value is -3.42. The molecule has 6 fully saturated rings. The fourth-order valence-electron chi connectivity index (χ4n) is 19.2. The summed E-state index contributed by atoms with van der Waals surface area (Å²) in [5, 5.41) is 5.46. The lowest BCUT2D eigenvalue weighted by atomic mass is 9.47. The minimum atomic E-state index is -0.421. The van der Waals surface area contributed by atoms with Crippen LogP contribution in [0.15, 0.2) is 47.6 Å². The van der Waals surface area contributed by atoms with Crippen molar-refractivity contribution in [3.05, 3.63) is 58.7 Å². The van der Waals surface area contributed by atoms with Crippen molar-refractivity contribution < 1.29 is 28.7 Å². The van der Waals surface area contributed by atoms with Gasteiger partial charge in [-0.25, -0.2) is 0 Å². The van der Waals surface area contributed by atoms with Gasteiger partial charge in [0.2, 0.25) is 0 Å². The molecule has 410 valence electrons. The smallest absolute Gasteiger partial charge is 0.325 e. The van der Waals surface area contributed by atoms with E-state index in [1.54, 1.807) is 24.3 Å². The number of benzene rings is 1. The molecule has 74 heavy (non-hydrogen) atoms. The maximum atomic E-state index is 13.1. The van der Waals surface area contributed by atoms with Crippen molar-refractivity contribution in [2.24, 2.45) is 92.7 Å². The third-order valence-electron chi connectivity index (χ3n) is 23.3. The molecule has 0 spiro atoms. The molecule has 8 heteroatoms. The zero-order chi connectivity index (χ0) is 52.7. The van der Waals surface area contributed by atoms with Crippen molar-refractivity contribution in [2.45, 2.75) is 223 Å². The molecule has 8 nitrogen and oxygen atoms in total. The molecule has 2 N–H and O–H groups in total. The fraction of sp³-hybridized carbons (Fsp3) is 0.788. The Morgan fingerprint density at radius 2 is 0.905 bits per heavy atom. The molecule has 0 radical (unpaired) electrons. The Labute approximate surface area is 448 Å². The topological polar surface area (TPSA) is 111 Å². The van der Waals surface area contributed by atoms with E-state index in [1.165, 1.54) is 101 Å². The maximum absolute atomic E-state index is 13.1. The molecule has 0 unspecified atom stereocenters. The van der Waals surface area contributed by atoms with Crippen LogP contribution in [-0.4, -0.2) is 49.1 Å². The zero-order valence-corrected chi connectivity index (χ0v) is 48.0. The van der Waals surface area contributed by atoms with E-state index in [0.29, 0.717) is 33.8 Å². The Morgan fingerprint density at radius 3 is 1.28 bits per heavy atom. The van der Waals surface area contributed by atoms with Crippen molar-refractivity contribution in [1.29, 1.82) is 0 Å². The molecule has 0 aliphatic heterocycles. The van der Waals surface area contributed by atoms with Crippen molar-refractivity contribution >= 4 is 23.8 Å². The number of allylic oxidation sites excluding steroid dienone is 2. The van der Waals surface area contributed by atoms with E-state index < -0.39 is 23.8 Å². The van der Waals surface area contributed by atoms with Crippen molar-refractivity contribution in [1.82, 2.24) is 10.6 Å². The average Bonchev–Trinajstić information content (AvgIpc) is 3.92. The molecule has 1 aromatic rings. The highest BCUT2D eigenvalue weighted by molar-refractivity contribution is 5.99. The normalized spacial score (nSPS) is 37.9. The molecule has 1 aromatic carbocycles. The largest absolute Gasteiger partial charge is 0.461 e. The number of amides is 2. The number of carbonyl (C=O) groups excluding carboxylic acids is 4. The van der Waals surface area contributed by atoms with E-state index in [9.17, 15) is 19.2 Å². The van der Waals surface area contributed by atoms with Gasteiger partial charge in [-0.15, -0.1) is 0 Å². The molecule has 9 rings (SSSR count). The Balaban J connectivity index is 0.687. The standard InChI is InChI=1S/C66H100N2O6/c1-41(2)13-11-15-43(5)53-25-27-55-51-23-21-47-37-49(29-33-63(47,7)57(51)31-35-65(53,55)9)73-59(69)39-67-61(71)45-17-19-46(20-18-45)62(72)68-40-60(70)74-50-30-34-64(8)48(38-50)22-24-52-56-28-26-54(44(6)16-12-14-42(3)4)66(56,10)36-32-58(52)64/h17-22,41-44,49-58H,11-16,23-40H2,1-10H3,(H,67,71)(H,68,72)/t43-,44-,49+,50+,51+,52+,53-,54-,55+,56+,57+,58+,63+,64+,65-,66-/m1/s1. The van der Waals surface area contributed by atoms with Crippen molar-refractivity contribution in [3.63, 3.8) is 0 Å². The van der Waals surface area contributed by atoms with Gasteiger partial charge in [0, 0.05) is 24.0 Å². The van der Waals surface area contributed by atoms with E-state index in [2.05, 4.69) is 92.0 Å². The summed E-state index contributed by atoms with van der Waals surface area (Å²) in [7, 11) is 0. The van der Waals surface area contributed by atoms with Gasteiger partial charge in [0.25, 0.3) is 11.8 Å². The van der Waals surface area contributed by atoms with Crippen LogP contribution in [0.5, 0.6) is 0 Å². The highest BCUT2D eigenvalue weighted by atomic mass is 16.5. The van der Waals surface area contributed by atoms with Crippen LogP contribution in [0.25, 0.3) is 0 Å². The summed E-state index contributed by atoms with van der Waals surface area (Å²) in [6, 6.07) is 6.28. The van der Waals surface area contributed by atoms with Gasteiger partial charge in [0.15, 0.2) is 0 Å². The molecule has 2 amide bonds. The van der Waals surface area contributed by atoms with Gasteiger partial charge < -0.3 is 20.1 Å². The monoisotopic (exact) mass is 1020 g/mol. The lowest BCUT2D eigenvalue weighted by Gasteiger charge is -2.58. The van der Waals surface area contributed by atoms with Gasteiger partial charge >= 0.3 is 11.9 Å². The Bertz CT molecular complexity index is 2090. The summed E-state index contributed by atoms with van der Waals surface area (Å²) in [5.41, 5.74) is 4.93. The van der Waals surface area contributed by atoms with Gasteiger partial charge in [-0.1, -0.05) is 131 Å². The van der Waals surface area contributed by atoms with Crippen LogP contribution in [0, 0.1) is 92.7 Å². The number of carbonyl (C=O) groups is 4. The molecular formula is C66H100N2O6. The maximum Gasteiger partial charge on any atom is 0.325 e. The number of fused-ring (bicyclic) bond motifs is 10. The minimum Gasteiger partial charge on any atom is -0.461 e. The molecule has 0 saturated heterocycles. The van der Waals surface area contributed by atoms with Crippen molar-refractivity contribution in [3.8, 4) is 0 Å². The first kappa shape index (κ1) is 55.3. The number of rotatable bonds is 18. The third-order valence-corrected chi connectivity index (χ3v) is 23.3. The first-order chi connectivity index (χ1) is 35.2. The molecule has 0 bridgehead atoms. The lowest BCUT2D eigenvalue weighted by molar-refractivity contribution is -0.151. The second kappa shape index (κ2) is 22.5. The van der Waals surface area contributed by atoms with Crippen LogP contribution in [0.1, 0.15) is 231 Å². The lowest BCUT2D eigenvalue weighted by Crippen LogP contribution is -2.51. The summed E-state index contributed by atoms with van der Waals surface area (Å²) in [6.45, 7) is 24.4. The minimum absolute atomic E-state index is 0.172. The first-order valence-corrected chi connectivity index (χ1v) is 30.7. The Kier molecular flexibility index (Phi) is 16.8. The first-order valence-electron chi connectivity index (χ1n) is 30.7. The number of nitrogens with one attached hydrogen (secondary N) is 2. The fourth-order valence-corrected chi connectivity index (χ4v) is 19.2. The Morgan fingerprint density at radius 1 is 0.514 bits per heavy atom. The number of hydrogen-bond acceptors (Lipinski definition) is 6. The molecular weight excluding hydrogens is 917 g/mol. The van der Waals surface area contributed by atoms with Crippen molar-refractivity contribution in [2.75, 3.05) is 13.1 Å². The number of hydrogen-bond donors (Lipinski definition) is 2. The van der Waals surface area contributed by atoms with Crippen LogP contribution in [-0.2, 0) is 19.1 Å². The quantitative estimate of drug-likeness (QED) is 0.112. The summed E-state index contributed by atoms with van der Waals surface area (Å²) in [4.78, 5) is 52.6.